The van der Waals surface area contributed by atoms with Crippen molar-refractivity contribution >= 4 is 28.4 Å². The van der Waals surface area contributed by atoms with E-state index in [-0.39, 0.29) is 35.8 Å². The number of methoxy groups -OCH3 is 1. The van der Waals surface area contributed by atoms with Crippen LogP contribution in [0.5, 0.6) is 0 Å². The molecule has 0 aromatic heterocycles. The van der Waals surface area contributed by atoms with Gasteiger partial charge in [-0.25, -0.2) is 17.6 Å². The minimum atomic E-state index is -3.99. The molecule has 1 aromatic carbocycles. The number of carbonyl (C=O) groups is 1. The Morgan fingerprint density at radius 1 is 1.48 bits per heavy atom. The van der Waals surface area contributed by atoms with Gasteiger partial charge in [0.05, 0.1) is 12.0 Å². The molecule has 1 unspecified atom stereocenters. The van der Waals surface area contributed by atoms with Crippen LogP contribution < -0.4 is 5.73 Å². The van der Waals surface area contributed by atoms with E-state index in [2.05, 4.69) is 4.74 Å². The third-order valence-corrected chi connectivity index (χ3v) is 5.89. The van der Waals surface area contributed by atoms with Crippen LogP contribution in [0.4, 0.5) is 4.39 Å². The molecule has 1 aliphatic rings. The van der Waals surface area contributed by atoms with Crippen LogP contribution in [-0.2, 0) is 14.8 Å². The molecule has 1 fully saturated rings. The molecule has 1 saturated heterocycles. The molecule has 130 valence electrons. The molecule has 0 bridgehead atoms. The molecule has 0 spiro atoms. The van der Waals surface area contributed by atoms with E-state index in [1.807, 2.05) is 6.92 Å². The number of hydrogen-bond donors (Lipinski definition) is 1. The number of sulfonamides is 1. The van der Waals surface area contributed by atoms with Crippen molar-refractivity contribution in [3.63, 3.8) is 0 Å². The van der Waals surface area contributed by atoms with Crippen molar-refractivity contribution in [3.8, 4) is 0 Å². The number of hydrogen-bond acceptors (Lipinski definition) is 5. The summed E-state index contributed by atoms with van der Waals surface area (Å²) < 4.78 is 45.1. The van der Waals surface area contributed by atoms with Gasteiger partial charge in [-0.3, -0.25) is 0 Å². The first kappa shape index (κ1) is 19.8. The maximum Gasteiger partial charge on any atom is 0.342 e. The zero-order valence-corrected chi connectivity index (χ0v) is 14.5. The minimum Gasteiger partial charge on any atom is -0.465 e. The molecular weight excluding hydrogens is 347 g/mol. The van der Waals surface area contributed by atoms with E-state index in [1.165, 1.54) is 16.4 Å². The average molecular weight is 367 g/mol. The second-order valence-electron chi connectivity index (χ2n) is 5.71. The largest absolute Gasteiger partial charge is 0.465 e. The van der Waals surface area contributed by atoms with Crippen molar-refractivity contribution in [1.29, 1.82) is 0 Å². The highest BCUT2D eigenvalue weighted by Gasteiger charge is 2.40. The smallest absolute Gasteiger partial charge is 0.342 e. The van der Waals surface area contributed by atoms with Crippen LogP contribution in [0, 0.1) is 11.2 Å². The van der Waals surface area contributed by atoms with E-state index in [0.29, 0.717) is 13.0 Å². The quantitative estimate of drug-likeness (QED) is 0.813. The van der Waals surface area contributed by atoms with Crippen LogP contribution in [0.2, 0.25) is 0 Å². The summed E-state index contributed by atoms with van der Waals surface area (Å²) in [5, 5.41) is 0. The Kier molecular flexibility index (Phi) is 6.14. The van der Waals surface area contributed by atoms with Crippen LogP contribution in [0.1, 0.15) is 23.7 Å². The lowest BCUT2D eigenvalue weighted by Gasteiger charge is -2.23. The summed E-state index contributed by atoms with van der Waals surface area (Å²) in [5.74, 6) is -1.94. The predicted octanol–water partition coefficient (Wildman–Crippen LogP) is 1.39. The number of nitrogens with zero attached hydrogens (tertiary/aromatic N) is 1. The Morgan fingerprint density at radius 3 is 2.65 bits per heavy atom. The molecule has 1 aromatic rings. The number of nitrogens with two attached hydrogens (primary N) is 1. The van der Waals surface area contributed by atoms with E-state index in [9.17, 15) is 17.6 Å². The molecular formula is C14H20ClFN2O4S. The van der Waals surface area contributed by atoms with Crippen molar-refractivity contribution < 1.29 is 22.3 Å². The van der Waals surface area contributed by atoms with E-state index in [1.54, 1.807) is 0 Å². The summed E-state index contributed by atoms with van der Waals surface area (Å²) in [5.41, 5.74) is 4.80. The molecule has 0 amide bonds. The number of esters is 1. The van der Waals surface area contributed by atoms with Gasteiger partial charge < -0.3 is 10.5 Å². The van der Waals surface area contributed by atoms with Gasteiger partial charge >= 0.3 is 5.97 Å². The van der Waals surface area contributed by atoms with Gasteiger partial charge in [-0.2, -0.15) is 4.31 Å². The summed E-state index contributed by atoms with van der Waals surface area (Å²) in [7, 11) is -2.92. The predicted molar refractivity (Wildman–Crippen MR) is 85.5 cm³/mol. The molecule has 0 radical (unpaired) electrons. The third-order valence-electron chi connectivity index (χ3n) is 4.00. The molecule has 0 aliphatic carbocycles. The summed E-state index contributed by atoms with van der Waals surface area (Å²) >= 11 is 0. The third kappa shape index (κ3) is 3.65. The lowest BCUT2D eigenvalue weighted by Crippen LogP contribution is -2.35. The first-order chi connectivity index (χ1) is 10.2. The minimum absolute atomic E-state index is 0. The number of ether oxygens (including phenoxy) is 1. The summed E-state index contributed by atoms with van der Waals surface area (Å²) in [6.07, 6.45) is 0.617. The second kappa shape index (κ2) is 7.12. The van der Waals surface area contributed by atoms with E-state index >= 15 is 0 Å². The molecule has 1 heterocycles. The second-order valence-corrected chi connectivity index (χ2v) is 7.61. The summed E-state index contributed by atoms with van der Waals surface area (Å²) in [6.45, 7) is 2.78. The topological polar surface area (TPSA) is 89.7 Å². The Bertz CT molecular complexity index is 698. The van der Waals surface area contributed by atoms with Crippen LogP contribution in [0.25, 0.3) is 0 Å². The standard InChI is InChI=1S/C14H19FN2O4S.ClH/c1-14(8-16)6-7-17(9-14)22(19,20)11-5-3-4-10(15)12(11)13(18)21-2;/h3-5H,6-9,16H2,1-2H3;1H. The molecule has 1 aliphatic heterocycles. The molecule has 2 rings (SSSR count). The van der Waals surface area contributed by atoms with E-state index in [0.717, 1.165) is 13.2 Å². The van der Waals surface area contributed by atoms with Crippen molar-refractivity contribution in [2.45, 2.75) is 18.2 Å². The number of halogens is 2. The fourth-order valence-electron chi connectivity index (χ4n) is 2.51. The van der Waals surface area contributed by atoms with Gasteiger partial charge in [-0.05, 0) is 30.5 Å². The monoisotopic (exact) mass is 366 g/mol. The molecule has 9 heteroatoms. The molecule has 0 saturated carbocycles. The van der Waals surface area contributed by atoms with Crippen molar-refractivity contribution in [1.82, 2.24) is 4.31 Å². The highest BCUT2D eigenvalue weighted by atomic mass is 35.5. The Hall–Kier alpha value is -1.22. The normalized spacial score (nSPS) is 21.7. The molecule has 23 heavy (non-hydrogen) atoms. The highest BCUT2D eigenvalue weighted by molar-refractivity contribution is 7.89. The SMILES string of the molecule is COC(=O)c1c(F)cccc1S(=O)(=O)N1CCC(C)(CN)C1.Cl. The molecule has 6 nitrogen and oxygen atoms in total. The van der Waals surface area contributed by atoms with Crippen molar-refractivity contribution in [3.05, 3.63) is 29.6 Å². The summed E-state index contributed by atoms with van der Waals surface area (Å²) in [4.78, 5) is 11.4. The number of benzene rings is 1. The van der Waals surface area contributed by atoms with Gasteiger partial charge in [0.15, 0.2) is 0 Å². The van der Waals surface area contributed by atoms with Crippen molar-refractivity contribution in [2.75, 3.05) is 26.7 Å². The average Bonchev–Trinajstić information content (AvgIpc) is 2.90. The fraction of sp³-hybridized carbons (Fsp3) is 0.500. The highest BCUT2D eigenvalue weighted by Crippen LogP contribution is 2.33. The van der Waals surface area contributed by atoms with Crippen LogP contribution in [0.15, 0.2) is 23.1 Å². The van der Waals surface area contributed by atoms with Crippen LogP contribution in [0.3, 0.4) is 0 Å². The first-order valence-corrected chi connectivity index (χ1v) is 8.26. The van der Waals surface area contributed by atoms with E-state index in [4.69, 9.17) is 5.73 Å². The van der Waals surface area contributed by atoms with E-state index < -0.39 is 27.4 Å². The van der Waals surface area contributed by atoms with Gasteiger partial charge in [-0.1, -0.05) is 13.0 Å². The number of rotatable bonds is 4. The maximum absolute atomic E-state index is 13.9. The first-order valence-electron chi connectivity index (χ1n) is 6.82. The van der Waals surface area contributed by atoms with Gasteiger partial charge in [-0.15, -0.1) is 12.4 Å². The molecule has 2 N–H and O–H groups in total. The van der Waals surface area contributed by atoms with Crippen LogP contribution >= 0.6 is 12.4 Å². The molecule has 1 atom stereocenters. The zero-order valence-electron chi connectivity index (χ0n) is 12.9. The van der Waals surface area contributed by atoms with Crippen LogP contribution in [-0.4, -0.2) is 45.4 Å². The van der Waals surface area contributed by atoms with Gasteiger partial charge in [0.25, 0.3) is 0 Å². The van der Waals surface area contributed by atoms with Gasteiger partial charge in [0, 0.05) is 13.1 Å². The zero-order chi connectivity index (χ0) is 16.5. The van der Waals surface area contributed by atoms with Crippen molar-refractivity contribution in [2.24, 2.45) is 11.1 Å². The number of carbonyl (C=O) groups excluding carboxylic acids is 1. The fourth-order valence-corrected chi connectivity index (χ4v) is 4.29. The Labute approximate surface area is 141 Å². The Morgan fingerprint density at radius 2 is 2.13 bits per heavy atom. The van der Waals surface area contributed by atoms with Gasteiger partial charge in [0.2, 0.25) is 10.0 Å². The summed E-state index contributed by atoms with van der Waals surface area (Å²) in [6, 6.07) is 3.49. The Balaban J connectivity index is 0.00000264. The lowest BCUT2D eigenvalue weighted by atomic mass is 9.90. The lowest BCUT2D eigenvalue weighted by molar-refractivity contribution is 0.0590. The maximum atomic E-state index is 13.9. The van der Waals surface area contributed by atoms with Gasteiger partial charge in [0.1, 0.15) is 11.4 Å².